The van der Waals surface area contributed by atoms with E-state index in [1.807, 2.05) is 24.3 Å². The number of hydrogen-bond donors (Lipinski definition) is 1. The third kappa shape index (κ3) is 5.14. The summed E-state index contributed by atoms with van der Waals surface area (Å²) in [5.41, 5.74) is 2.26. The average Bonchev–Trinajstić information content (AvgIpc) is 3.26. The zero-order valence-electron chi connectivity index (χ0n) is 17.2. The number of carbonyl (C=O) groups excluding carboxylic acids is 1. The molecule has 30 heavy (non-hydrogen) atoms. The summed E-state index contributed by atoms with van der Waals surface area (Å²) in [4.78, 5) is 14.8. The normalized spacial score (nSPS) is 14.9. The molecule has 1 aliphatic rings. The molecule has 2 aromatic heterocycles. The molecule has 1 aromatic carbocycles. The second-order valence-corrected chi connectivity index (χ2v) is 7.52. The van der Waals surface area contributed by atoms with Gasteiger partial charge in [0.25, 0.3) is 5.91 Å². The Morgan fingerprint density at radius 3 is 3.03 bits per heavy atom. The molecule has 1 saturated heterocycles. The first-order chi connectivity index (χ1) is 14.7. The summed E-state index contributed by atoms with van der Waals surface area (Å²) in [6.45, 7) is 3.62. The molecule has 158 valence electrons. The van der Waals surface area contributed by atoms with Crippen molar-refractivity contribution in [2.75, 3.05) is 33.4 Å². The number of ether oxygens (including phenoxy) is 2. The van der Waals surface area contributed by atoms with Crippen molar-refractivity contribution in [1.82, 2.24) is 24.8 Å². The maximum atomic E-state index is 12.5. The Hall–Kier alpha value is -2.97. The minimum Gasteiger partial charge on any atom is -0.492 e. The summed E-state index contributed by atoms with van der Waals surface area (Å²) in [6, 6.07) is 11.9. The van der Waals surface area contributed by atoms with E-state index in [0.717, 1.165) is 43.9 Å². The largest absolute Gasteiger partial charge is 0.492 e. The van der Waals surface area contributed by atoms with E-state index < -0.39 is 0 Å². The zero-order chi connectivity index (χ0) is 20.8. The molecule has 1 N–H and O–H groups in total. The molecule has 8 nitrogen and oxygen atoms in total. The number of pyridine rings is 1. The Balaban J connectivity index is 1.26. The van der Waals surface area contributed by atoms with Gasteiger partial charge in [0.15, 0.2) is 5.65 Å². The molecule has 3 aromatic rings. The van der Waals surface area contributed by atoms with Crippen molar-refractivity contribution in [3.63, 3.8) is 0 Å². The van der Waals surface area contributed by atoms with E-state index in [1.165, 1.54) is 0 Å². The summed E-state index contributed by atoms with van der Waals surface area (Å²) in [5.74, 6) is 0.669. The van der Waals surface area contributed by atoms with Crippen LogP contribution in [0.1, 0.15) is 28.8 Å². The van der Waals surface area contributed by atoms with Crippen LogP contribution in [-0.2, 0) is 11.3 Å². The number of likely N-dealkylation sites (N-methyl/N-ethyl adjacent to an activating group) is 1. The monoisotopic (exact) mass is 409 g/mol. The highest BCUT2D eigenvalue weighted by molar-refractivity contribution is 5.94. The second kappa shape index (κ2) is 9.69. The van der Waals surface area contributed by atoms with Crippen LogP contribution in [-0.4, -0.2) is 64.9 Å². The first-order valence-corrected chi connectivity index (χ1v) is 10.3. The van der Waals surface area contributed by atoms with Gasteiger partial charge in [0.2, 0.25) is 0 Å². The predicted octanol–water partition coefficient (Wildman–Crippen LogP) is 2.15. The van der Waals surface area contributed by atoms with Gasteiger partial charge in [-0.3, -0.25) is 14.1 Å². The number of nitrogens with one attached hydrogen (secondary N) is 1. The number of carbonyl (C=O) groups is 1. The van der Waals surface area contributed by atoms with Gasteiger partial charge in [-0.05, 0) is 49.7 Å². The predicted molar refractivity (Wildman–Crippen MR) is 113 cm³/mol. The van der Waals surface area contributed by atoms with Gasteiger partial charge in [-0.15, -0.1) is 10.2 Å². The van der Waals surface area contributed by atoms with Crippen LogP contribution in [0.25, 0.3) is 5.65 Å². The number of hydrogen-bond acceptors (Lipinski definition) is 6. The van der Waals surface area contributed by atoms with E-state index in [9.17, 15) is 4.79 Å². The van der Waals surface area contributed by atoms with Crippen LogP contribution < -0.4 is 10.1 Å². The topological polar surface area (TPSA) is 81.0 Å². The van der Waals surface area contributed by atoms with E-state index in [1.54, 1.807) is 29.1 Å². The molecule has 0 aliphatic carbocycles. The number of nitrogens with zero attached hydrogens (tertiary/aromatic N) is 4. The Kier molecular flexibility index (Phi) is 6.56. The molecule has 1 aliphatic heterocycles. The molecule has 1 amide bonds. The zero-order valence-corrected chi connectivity index (χ0v) is 17.2. The van der Waals surface area contributed by atoms with Crippen molar-refractivity contribution in [3.05, 3.63) is 60.0 Å². The molecule has 4 rings (SSSR count). The fraction of sp³-hybridized carbons (Fsp3) is 0.409. The lowest BCUT2D eigenvalue weighted by Gasteiger charge is -2.31. The Morgan fingerprint density at radius 1 is 1.30 bits per heavy atom. The van der Waals surface area contributed by atoms with Gasteiger partial charge in [0.05, 0.1) is 5.56 Å². The third-order valence-corrected chi connectivity index (χ3v) is 5.43. The molecule has 0 spiro atoms. The summed E-state index contributed by atoms with van der Waals surface area (Å²) in [5, 5.41) is 10.7. The maximum absolute atomic E-state index is 12.5. The lowest BCUT2D eigenvalue weighted by Crippen LogP contribution is -2.38. The van der Waals surface area contributed by atoms with E-state index in [2.05, 4.69) is 27.5 Å². The summed E-state index contributed by atoms with van der Waals surface area (Å²) >= 11 is 0. The number of benzene rings is 1. The van der Waals surface area contributed by atoms with Gasteiger partial charge in [-0.25, -0.2) is 0 Å². The highest BCUT2D eigenvalue weighted by Crippen LogP contribution is 2.15. The van der Waals surface area contributed by atoms with Gasteiger partial charge in [0.1, 0.15) is 18.7 Å². The van der Waals surface area contributed by atoms with E-state index in [4.69, 9.17) is 9.47 Å². The summed E-state index contributed by atoms with van der Waals surface area (Å²) in [6.07, 6.45) is 5.46. The van der Waals surface area contributed by atoms with Gasteiger partial charge in [-0.1, -0.05) is 12.1 Å². The van der Waals surface area contributed by atoms with Gasteiger partial charge in [-0.2, -0.15) is 0 Å². The van der Waals surface area contributed by atoms with Crippen molar-refractivity contribution < 1.29 is 14.3 Å². The van der Waals surface area contributed by atoms with Gasteiger partial charge < -0.3 is 14.8 Å². The molecule has 0 radical (unpaired) electrons. The lowest BCUT2D eigenvalue weighted by atomic mass is 10.1. The van der Waals surface area contributed by atoms with Gasteiger partial charge >= 0.3 is 0 Å². The van der Waals surface area contributed by atoms with Gasteiger partial charge in [0, 0.05) is 38.5 Å². The molecule has 0 saturated carbocycles. The summed E-state index contributed by atoms with van der Waals surface area (Å²) in [7, 11) is 2.14. The Morgan fingerprint density at radius 2 is 2.17 bits per heavy atom. The van der Waals surface area contributed by atoms with E-state index in [0.29, 0.717) is 30.4 Å². The van der Waals surface area contributed by atoms with Crippen molar-refractivity contribution in [2.24, 2.45) is 0 Å². The molecule has 0 unspecified atom stereocenters. The fourth-order valence-electron chi connectivity index (χ4n) is 3.61. The molecule has 8 heteroatoms. The number of amides is 1. The molecule has 0 atom stereocenters. The van der Waals surface area contributed by atoms with Crippen molar-refractivity contribution >= 4 is 11.6 Å². The van der Waals surface area contributed by atoms with E-state index >= 15 is 0 Å². The van der Waals surface area contributed by atoms with Crippen molar-refractivity contribution in [2.45, 2.75) is 25.4 Å². The standard InChI is InChI=1S/C22H27N5O3/c1-26(19-7-10-29-11-8-19)9-12-30-20-4-2-3-17(13-20)14-23-22(28)18-5-6-21-25-24-16-27(21)15-18/h2-6,13,15-16,19H,7-12,14H2,1H3,(H,23,28). The minimum atomic E-state index is -0.144. The van der Waals surface area contributed by atoms with Crippen LogP contribution in [0.4, 0.5) is 0 Å². The minimum absolute atomic E-state index is 0.144. The first-order valence-electron chi connectivity index (χ1n) is 10.3. The Bertz CT molecular complexity index is 984. The number of rotatable bonds is 8. The average molecular weight is 409 g/mol. The van der Waals surface area contributed by atoms with Crippen LogP contribution in [0, 0.1) is 0 Å². The van der Waals surface area contributed by atoms with Crippen LogP contribution in [0.2, 0.25) is 0 Å². The summed E-state index contributed by atoms with van der Waals surface area (Å²) < 4.78 is 13.1. The lowest BCUT2D eigenvalue weighted by molar-refractivity contribution is 0.0392. The fourth-order valence-corrected chi connectivity index (χ4v) is 3.61. The SMILES string of the molecule is CN(CCOc1cccc(CNC(=O)c2ccc3nncn3c2)c1)C1CCOCC1. The van der Waals surface area contributed by atoms with Crippen LogP contribution in [0.3, 0.4) is 0 Å². The first kappa shape index (κ1) is 20.3. The van der Waals surface area contributed by atoms with Crippen LogP contribution in [0.5, 0.6) is 5.75 Å². The molecule has 0 bridgehead atoms. The molecular weight excluding hydrogens is 382 g/mol. The molecule has 3 heterocycles. The molecular formula is C22H27N5O3. The van der Waals surface area contributed by atoms with Crippen LogP contribution >= 0.6 is 0 Å². The smallest absolute Gasteiger partial charge is 0.253 e. The van der Waals surface area contributed by atoms with Crippen molar-refractivity contribution in [1.29, 1.82) is 0 Å². The van der Waals surface area contributed by atoms with Crippen molar-refractivity contribution in [3.8, 4) is 5.75 Å². The Labute approximate surface area is 175 Å². The number of fused-ring (bicyclic) bond motifs is 1. The highest BCUT2D eigenvalue weighted by Gasteiger charge is 2.18. The highest BCUT2D eigenvalue weighted by atomic mass is 16.5. The van der Waals surface area contributed by atoms with Crippen LogP contribution in [0.15, 0.2) is 48.9 Å². The third-order valence-electron chi connectivity index (χ3n) is 5.43. The maximum Gasteiger partial charge on any atom is 0.253 e. The van der Waals surface area contributed by atoms with E-state index in [-0.39, 0.29) is 5.91 Å². The number of aromatic nitrogens is 3. The molecule has 1 fully saturated rings. The second-order valence-electron chi connectivity index (χ2n) is 7.52. The quantitative estimate of drug-likeness (QED) is 0.614.